The highest BCUT2D eigenvalue weighted by molar-refractivity contribution is 6.00. The Morgan fingerprint density at radius 1 is 0.691 bits per heavy atom. The number of halogens is 2. The summed E-state index contributed by atoms with van der Waals surface area (Å²) in [4.78, 5) is 70.8. The van der Waals surface area contributed by atoms with Crippen LogP contribution >= 0.6 is 0 Å². The van der Waals surface area contributed by atoms with Gasteiger partial charge in [0.15, 0.2) is 0 Å². The second-order valence-electron chi connectivity index (χ2n) is 13.4. The monoisotopic (exact) mass is 758 g/mol. The van der Waals surface area contributed by atoms with E-state index < -0.39 is 28.5 Å². The number of nitrogens with zero attached hydrogens (tertiary/aromatic N) is 8. The van der Waals surface area contributed by atoms with Gasteiger partial charge in [0, 0.05) is 97.1 Å². The van der Waals surface area contributed by atoms with Gasteiger partial charge >= 0.3 is 12.0 Å². The molecule has 2 fully saturated rings. The zero-order chi connectivity index (χ0) is 39.1. The summed E-state index contributed by atoms with van der Waals surface area (Å²) in [6.07, 6.45) is 2.98. The number of anilines is 4. The largest absolute Gasteiger partial charge is 0.403 e. The third kappa shape index (κ3) is 7.06. The van der Waals surface area contributed by atoms with E-state index in [4.69, 9.17) is 4.42 Å². The van der Waals surface area contributed by atoms with E-state index in [1.165, 1.54) is 32.3 Å². The van der Waals surface area contributed by atoms with Crippen LogP contribution in [-0.4, -0.2) is 99.3 Å². The van der Waals surface area contributed by atoms with Crippen LogP contribution in [0.25, 0.3) is 33.3 Å². The van der Waals surface area contributed by atoms with Crippen LogP contribution in [-0.2, 0) is 22.7 Å². The highest BCUT2D eigenvalue weighted by Crippen LogP contribution is 2.29. The molecule has 0 bridgehead atoms. The maximum atomic E-state index is 15.5. The van der Waals surface area contributed by atoms with Crippen LogP contribution in [0.4, 0.5) is 36.7 Å². The summed E-state index contributed by atoms with van der Waals surface area (Å²) >= 11 is 0. The first kappa shape index (κ1) is 37.0. The summed E-state index contributed by atoms with van der Waals surface area (Å²) in [7, 11) is 0. The van der Waals surface area contributed by atoms with Crippen molar-refractivity contribution in [2.45, 2.75) is 40.8 Å². The number of piperazine rings is 2. The van der Waals surface area contributed by atoms with Crippen molar-refractivity contribution in [2.24, 2.45) is 0 Å². The Hall–Kier alpha value is -6.33. The summed E-state index contributed by atoms with van der Waals surface area (Å²) in [5.74, 6) is -1.50. The average molecular weight is 759 g/mol. The first-order valence-electron chi connectivity index (χ1n) is 18.0. The third-order valence-corrected chi connectivity index (χ3v) is 10.2. The Labute approximate surface area is 312 Å². The van der Waals surface area contributed by atoms with Crippen LogP contribution in [0, 0.1) is 11.6 Å². The standard InChI is InChI=1S/C37H40F2N10O6/c1-5-44-19-25(33(52)23-15-26(38)31(17-29(23)44)48-11-7-46(8-12-48)21(3)50)35-42-43-37(55-35)41-36(54)40-28-20-45(6-2)30-18-32(27(39)16-24(30)34(28)53)49-13-9-47(10-14-49)22(4)51/h15-20H,5-14H2,1-4H3,(H2,40,41,43,54). The van der Waals surface area contributed by atoms with Gasteiger partial charge in [-0.2, -0.15) is 0 Å². The zero-order valence-corrected chi connectivity index (χ0v) is 30.8. The molecular weight excluding hydrogens is 718 g/mol. The number of amides is 4. The Morgan fingerprint density at radius 3 is 1.67 bits per heavy atom. The summed E-state index contributed by atoms with van der Waals surface area (Å²) in [6.45, 7) is 11.1. The third-order valence-electron chi connectivity index (χ3n) is 10.2. The van der Waals surface area contributed by atoms with Crippen molar-refractivity contribution in [3.05, 3.63) is 68.7 Å². The number of aromatic nitrogens is 4. The number of nitrogens with one attached hydrogen (secondary N) is 2. The van der Waals surface area contributed by atoms with Gasteiger partial charge in [-0.05, 0) is 38.1 Å². The molecule has 0 radical (unpaired) electrons. The van der Waals surface area contributed by atoms with Crippen LogP contribution < -0.4 is 31.3 Å². The van der Waals surface area contributed by atoms with E-state index in [0.29, 0.717) is 87.9 Å². The molecule has 0 unspecified atom stereocenters. The minimum atomic E-state index is -0.905. The smallest absolute Gasteiger partial charge is 0.327 e. The summed E-state index contributed by atoms with van der Waals surface area (Å²) in [5.41, 5.74) is 0.298. The van der Waals surface area contributed by atoms with E-state index in [9.17, 15) is 24.0 Å². The molecule has 5 aromatic rings. The lowest BCUT2D eigenvalue weighted by Gasteiger charge is -2.36. The SMILES string of the molecule is CCn1cc(NC(=O)Nc2nnc(-c3cn(CC)c4cc(N5CCN(C(C)=O)CC5)c(F)cc4c3=O)o2)c(=O)c2cc(F)c(N3CCN(C(C)=O)CC3)cc21. The molecule has 0 saturated carbocycles. The molecule has 4 amide bonds. The second kappa shape index (κ2) is 14.8. The summed E-state index contributed by atoms with van der Waals surface area (Å²) in [6, 6.07) is 4.28. The lowest BCUT2D eigenvalue weighted by Crippen LogP contribution is -2.48. The first-order chi connectivity index (χ1) is 26.4. The molecule has 0 aliphatic carbocycles. The molecule has 2 N–H and O–H groups in total. The molecule has 0 atom stereocenters. The Morgan fingerprint density at radius 2 is 1.18 bits per heavy atom. The predicted molar refractivity (Wildman–Crippen MR) is 203 cm³/mol. The van der Waals surface area contributed by atoms with E-state index in [1.807, 2.05) is 23.6 Å². The molecule has 2 aliphatic rings. The molecule has 55 heavy (non-hydrogen) atoms. The molecule has 5 heterocycles. The van der Waals surface area contributed by atoms with Gasteiger partial charge in [0.1, 0.15) is 22.9 Å². The van der Waals surface area contributed by atoms with Gasteiger partial charge in [-0.25, -0.2) is 13.6 Å². The van der Waals surface area contributed by atoms with Crippen LogP contribution in [0.3, 0.4) is 0 Å². The fourth-order valence-corrected chi connectivity index (χ4v) is 7.21. The lowest BCUT2D eigenvalue weighted by atomic mass is 10.1. The van der Waals surface area contributed by atoms with Crippen LogP contribution in [0.5, 0.6) is 0 Å². The van der Waals surface area contributed by atoms with Gasteiger partial charge < -0.3 is 38.5 Å². The summed E-state index contributed by atoms with van der Waals surface area (Å²) in [5, 5.41) is 12.8. The molecule has 3 aromatic heterocycles. The molecule has 2 aromatic carbocycles. The molecule has 288 valence electrons. The van der Waals surface area contributed by atoms with E-state index in [2.05, 4.69) is 20.8 Å². The summed E-state index contributed by atoms with van der Waals surface area (Å²) < 4.78 is 40.1. The Kier molecular flexibility index (Phi) is 9.98. The first-order valence-corrected chi connectivity index (χ1v) is 18.0. The number of carbonyl (C=O) groups is 3. The normalized spacial score (nSPS) is 14.9. The highest BCUT2D eigenvalue weighted by atomic mass is 19.1. The fraction of sp³-hybridized carbons (Fsp3) is 0.378. The van der Waals surface area contributed by atoms with Crippen molar-refractivity contribution in [3.63, 3.8) is 0 Å². The van der Waals surface area contributed by atoms with Gasteiger partial charge in [-0.3, -0.25) is 24.5 Å². The topological polar surface area (TPSA) is 171 Å². The predicted octanol–water partition coefficient (Wildman–Crippen LogP) is 3.67. The van der Waals surface area contributed by atoms with Gasteiger partial charge in [0.25, 0.3) is 5.89 Å². The number of hydrogen-bond acceptors (Lipinski definition) is 10. The van der Waals surface area contributed by atoms with Crippen molar-refractivity contribution >= 4 is 62.7 Å². The van der Waals surface area contributed by atoms with E-state index in [1.54, 1.807) is 31.1 Å². The second-order valence-corrected chi connectivity index (χ2v) is 13.4. The number of pyridine rings is 2. The Balaban J connectivity index is 1.10. The number of hydrogen-bond donors (Lipinski definition) is 2. The molecular formula is C37H40F2N10O6. The van der Waals surface area contributed by atoms with Gasteiger partial charge in [-0.15, -0.1) is 5.10 Å². The zero-order valence-electron chi connectivity index (χ0n) is 30.8. The lowest BCUT2D eigenvalue weighted by molar-refractivity contribution is -0.129. The van der Waals surface area contributed by atoms with Crippen molar-refractivity contribution in [1.82, 2.24) is 29.1 Å². The molecule has 2 aliphatic heterocycles. The van der Waals surface area contributed by atoms with Gasteiger partial charge in [-0.1, -0.05) is 5.10 Å². The van der Waals surface area contributed by atoms with E-state index >= 15 is 8.78 Å². The molecule has 18 heteroatoms. The molecule has 16 nitrogen and oxygen atoms in total. The van der Waals surface area contributed by atoms with Crippen LogP contribution in [0.15, 0.2) is 50.7 Å². The van der Waals surface area contributed by atoms with Crippen molar-refractivity contribution in [3.8, 4) is 11.5 Å². The van der Waals surface area contributed by atoms with Gasteiger partial charge in [0.2, 0.25) is 22.7 Å². The number of urea groups is 1. The minimum absolute atomic E-state index is 0.0139. The number of aryl methyl sites for hydroxylation is 2. The van der Waals surface area contributed by atoms with Crippen molar-refractivity contribution in [2.75, 3.05) is 72.8 Å². The Bertz CT molecular complexity index is 2460. The van der Waals surface area contributed by atoms with E-state index in [0.717, 1.165) is 6.07 Å². The maximum Gasteiger partial charge on any atom is 0.327 e. The number of rotatable bonds is 7. The minimum Gasteiger partial charge on any atom is -0.403 e. The maximum absolute atomic E-state index is 15.5. The number of benzene rings is 2. The quantitative estimate of drug-likeness (QED) is 0.250. The van der Waals surface area contributed by atoms with Crippen LogP contribution in [0.2, 0.25) is 0 Å². The number of carbonyl (C=O) groups excluding carboxylic acids is 3. The van der Waals surface area contributed by atoms with Crippen molar-refractivity contribution in [1.29, 1.82) is 0 Å². The average Bonchev–Trinajstić information content (AvgIpc) is 3.64. The van der Waals surface area contributed by atoms with Gasteiger partial charge in [0.05, 0.1) is 27.8 Å². The fourth-order valence-electron chi connectivity index (χ4n) is 7.21. The number of fused-ring (bicyclic) bond motifs is 2. The molecule has 7 rings (SSSR count). The van der Waals surface area contributed by atoms with Crippen molar-refractivity contribution < 1.29 is 27.6 Å². The highest BCUT2D eigenvalue weighted by Gasteiger charge is 2.25. The molecule has 0 spiro atoms. The molecule has 2 saturated heterocycles. The van der Waals surface area contributed by atoms with E-state index in [-0.39, 0.29) is 45.7 Å². The van der Waals surface area contributed by atoms with Crippen LogP contribution in [0.1, 0.15) is 27.7 Å².